The summed E-state index contributed by atoms with van der Waals surface area (Å²) in [6.45, 7) is 1.91. The lowest BCUT2D eigenvalue weighted by molar-refractivity contribution is -0.119. The van der Waals surface area contributed by atoms with Crippen LogP contribution in [0.5, 0.6) is 0 Å². The van der Waals surface area contributed by atoms with Gasteiger partial charge in [-0.3, -0.25) is 19.2 Å². The molecule has 0 saturated carbocycles. The zero-order chi connectivity index (χ0) is 20.4. The average Bonchev–Trinajstić information content (AvgIpc) is 2.70. The van der Waals surface area contributed by atoms with Crippen LogP contribution in [0, 0.1) is 0 Å². The number of amides is 4. The first-order valence-electron chi connectivity index (χ1n) is 8.71. The Morgan fingerprint density at radius 3 is 1.93 bits per heavy atom. The summed E-state index contributed by atoms with van der Waals surface area (Å²) in [7, 11) is 0. The zero-order valence-electron chi connectivity index (χ0n) is 15.5. The van der Waals surface area contributed by atoms with Crippen LogP contribution in [0.25, 0.3) is 0 Å². The Balaban J connectivity index is 1.76. The number of hydrogen-bond acceptors (Lipinski definition) is 4. The normalized spacial score (nSPS) is 9.89. The summed E-state index contributed by atoms with van der Waals surface area (Å²) in [5.74, 6) is -1.15. The topological polar surface area (TPSA) is 116 Å². The first kappa shape index (κ1) is 20.6. The summed E-state index contributed by atoms with van der Waals surface area (Å²) in [5.41, 5.74) is 1.41. The third kappa shape index (κ3) is 6.91. The molecule has 0 aromatic heterocycles. The molecule has 0 spiro atoms. The predicted octanol–water partition coefficient (Wildman–Crippen LogP) is 0.921. The Kier molecular flexibility index (Phi) is 7.71. The van der Waals surface area contributed by atoms with Crippen LogP contribution < -0.4 is 21.3 Å². The van der Waals surface area contributed by atoms with Crippen molar-refractivity contribution in [1.82, 2.24) is 16.0 Å². The standard InChI is InChI=1S/C20H22N4O4/c1-14(25)21-11-12-22-19(27)16-7-9-17(10-8-16)24-18(26)13-23-20(28)15-5-3-2-4-6-15/h2-10H,11-13H2,1H3,(H,21,25)(H,22,27)(H,23,28)(H,24,26). The van der Waals surface area contributed by atoms with Crippen molar-refractivity contribution in [3.05, 3.63) is 65.7 Å². The third-order valence-electron chi connectivity index (χ3n) is 3.66. The molecular formula is C20H22N4O4. The molecule has 146 valence electrons. The molecule has 4 N–H and O–H groups in total. The van der Waals surface area contributed by atoms with E-state index in [9.17, 15) is 19.2 Å². The van der Waals surface area contributed by atoms with Gasteiger partial charge in [-0.1, -0.05) is 18.2 Å². The summed E-state index contributed by atoms with van der Waals surface area (Å²) < 4.78 is 0. The molecule has 0 heterocycles. The Bertz CT molecular complexity index is 835. The van der Waals surface area contributed by atoms with Gasteiger partial charge in [-0.25, -0.2) is 0 Å². The molecule has 8 heteroatoms. The molecule has 28 heavy (non-hydrogen) atoms. The monoisotopic (exact) mass is 382 g/mol. The van der Waals surface area contributed by atoms with Crippen molar-refractivity contribution in [1.29, 1.82) is 0 Å². The van der Waals surface area contributed by atoms with Crippen molar-refractivity contribution >= 4 is 29.3 Å². The second-order valence-electron chi connectivity index (χ2n) is 5.91. The van der Waals surface area contributed by atoms with E-state index in [2.05, 4.69) is 21.3 Å². The van der Waals surface area contributed by atoms with Crippen LogP contribution in [0.15, 0.2) is 54.6 Å². The largest absolute Gasteiger partial charge is 0.355 e. The van der Waals surface area contributed by atoms with Gasteiger partial charge in [-0.05, 0) is 36.4 Å². The van der Waals surface area contributed by atoms with E-state index in [0.29, 0.717) is 29.9 Å². The van der Waals surface area contributed by atoms with E-state index < -0.39 is 0 Å². The average molecular weight is 382 g/mol. The van der Waals surface area contributed by atoms with Crippen LogP contribution in [-0.2, 0) is 9.59 Å². The minimum atomic E-state index is -0.378. The predicted molar refractivity (Wildman–Crippen MR) is 105 cm³/mol. The second-order valence-corrected chi connectivity index (χ2v) is 5.91. The van der Waals surface area contributed by atoms with E-state index in [1.54, 1.807) is 54.6 Å². The fourth-order valence-electron chi connectivity index (χ4n) is 2.28. The Hall–Kier alpha value is -3.68. The maximum absolute atomic E-state index is 12.0. The third-order valence-corrected chi connectivity index (χ3v) is 3.66. The fraction of sp³-hybridized carbons (Fsp3) is 0.200. The number of carbonyl (C=O) groups is 4. The summed E-state index contributed by atoms with van der Waals surface area (Å²) in [5, 5.41) is 10.4. The highest BCUT2D eigenvalue weighted by atomic mass is 16.2. The van der Waals surface area contributed by atoms with E-state index in [1.165, 1.54) is 6.92 Å². The van der Waals surface area contributed by atoms with Gasteiger partial charge >= 0.3 is 0 Å². The molecule has 0 aliphatic heterocycles. The number of carbonyl (C=O) groups excluding carboxylic acids is 4. The minimum absolute atomic E-state index is 0.158. The molecule has 2 aromatic carbocycles. The smallest absolute Gasteiger partial charge is 0.251 e. The van der Waals surface area contributed by atoms with Crippen molar-refractivity contribution in [2.75, 3.05) is 25.0 Å². The highest BCUT2D eigenvalue weighted by Gasteiger charge is 2.09. The Morgan fingerprint density at radius 1 is 0.714 bits per heavy atom. The molecule has 8 nitrogen and oxygen atoms in total. The quantitative estimate of drug-likeness (QED) is 0.508. The highest BCUT2D eigenvalue weighted by molar-refractivity contribution is 5.99. The number of anilines is 1. The molecule has 0 aliphatic rings. The van der Waals surface area contributed by atoms with Gasteiger partial charge in [0.2, 0.25) is 11.8 Å². The fourth-order valence-corrected chi connectivity index (χ4v) is 2.28. The number of benzene rings is 2. The maximum Gasteiger partial charge on any atom is 0.251 e. The molecule has 2 rings (SSSR count). The Morgan fingerprint density at radius 2 is 1.29 bits per heavy atom. The van der Waals surface area contributed by atoms with E-state index in [-0.39, 0.29) is 30.2 Å². The molecule has 0 bridgehead atoms. The van der Waals surface area contributed by atoms with Gasteiger partial charge < -0.3 is 21.3 Å². The van der Waals surface area contributed by atoms with Gasteiger partial charge in [0, 0.05) is 36.8 Å². The summed E-state index contributed by atoms with van der Waals surface area (Å²) in [4.78, 5) is 46.6. The van der Waals surface area contributed by atoms with Gasteiger partial charge in [0.15, 0.2) is 0 Å². The summed E-state index contributed by atoms with van der Waals surface area (Å²) >= 11 is 0. The van der Waals surface area contributed by atoms with Gasteiger partial charge in [0.05, 0.1) is 6.54 Å². The second kappa shape index (κ2) is 10.5. The van der Waals surface area contributed by atoms with Crippen molar-refractivity contribution < 1.29 is 19.2 Å². The molecular weight excluding hydrogens is 360 g/mol. The lowest BCUT2D eigenvalue weighted by atomic mass is 10.2. The van der Waals surface area contributed by atoms with Gasteiger partial charge in [0.1, 0.15) is 0 Å². The molecule has 4 amide bonds. The van der Waals surface area contributed by atoms with Gasteiger partial charge in [-0.15, -0.1) is 0 Å². The first-order valence-corrected chi connectivity index (χ1v) is 8.71. The summed E-state index contributed by atoms with van der Waals surface area (Å²) in [6.07, 6.45) is 0. The molecule has 0 aliphatic carbocycles. The Labute approximate surface area is 162 Å². The molecule has 2 aromatic rings. The maximum atomic E-state index is 12.0. The zero-order valence-corrected chi connectivity index (χ0v) is 15.5. The van der Waals surface area contributed by atoms with Crippen molar-refractivity contribution in [2.24, 2.45) is 0 Å². The van der Waals surface area contributed by atoms with Crippen LogP contribution in [0.3, 0.4) is 0 Å². The molecule has 0 atom stereocenters. The van der Waals surface area contributed by atoms with Gasteiger partial charge in [0.25, 0.3) is 11.8 Å². The van der Waals surface area contributed by atoms with Crippen LogP contribution in [0.4, 0.5) is 5.69 Å². The first-order chi connectivity index (χ1) is 13.5. The lowest BCUT2D eigenvalue weighted by Gasteiger charge is -2.09. The van der Waals surface area contributed by atoms with Crippen LogP contribution >= 0.6 is 0 Å². The minimum Gasteiger partial charge on any atom is -0.355 e. The van der Waals surface area contributed by atoms with Crippen LogP contribution in [-0.4, -0.2) is 43.3 Å². The number of rotatable bonds is 8. The molecule has 0 radical (unpaired) electrons. The van der Waals surface area contributed by atoms with E-state index in [1.807, 2.05) is 0 Å². The van der Waals surface area contributed by atoms with Crippen molar-refractivity contribution in [3.8, 4) is 0 Å². The van der Waals surface area contributed by atoms with Crippen LogP contribution in [0.2, 0.25) is 0 Å². The van der Waals surface area contributed by atoms with Crippen LogP contribution in [0.1, 0.15) is 27.6 Å². The molecule has 0 fully saturated rings. The van der Waals surface area contributed by atoms with Gasteiger partial charge in [-0.2, -0.15) is 0 Å². The molecule has 0 unspecified atom stereocenters. The van der Waals surface area contributed by atoms with E-state index in [0.717, 1.165) is 0 Å². The molecule has 0 saturated heterocycles. The lowest BCUT2D eigenvalue weighted by Crippen LogP contribution is -2.33. The van der Waals surface area contributed by atoms with Crippen molar-refractivity contribution in [2.45, 2.75) is 6.92 Å². The SMILES string of the molecule is CC(=O)NCCNC(=O)c1ccc(NC(=O)CNC(=O)c2ccccc2)cc1. The number of nitrogens with one attached hydrogen (secondary N) is 4. The van der Waals surface area contributed by atoms with E-state index >= 15 is 0 Å². The highest BCUT2D eigenvalue weighted by Crippen LogP contribution is 2.09. The van der Waals surface area contributed by atoms with E-state index in [4.69, 9.17) is 0 Å². The summed E-state index contributed by atoms with van der Waals surface area (Å²) in [6, 6.07) is 15.0. The van der Waals surface area contributed by atoms with Crippen molar-refractivity contribution in [3.63, 3.8) is 0 Å². The number of hydrogen-bond donors (Lipinski definition) is 4.